The molecule has 162 valence electrons. The fraction of sp³-hybridized carbons (Fsp3) is 0.440. The fourth-order valence-corrected chi connectivity index (χ4v) is 4.49. The average molecular weight is 419 g/mol. The summed E-state index contributed by atoms with van der Waals surface area (Å²) in [5.41, 5.74) is 2.53. The molecule has 0 unspecified atom stereocenters. The van der Waals surface area contributed by atoms with Gasteiger partial charge in [-0.1, -0.05) is 42.5 Å². The zero-order chi connectivity index (χ0) is 21.2. The highest BCUT2D eigenvalue weighted by Gasteiger charge is 2.33. The maximum atomic E-state index is 12.4. The summed E-state index contributed by atoms with van der Waals surface area (Å²) in [6, 6.07) is 19.1. The predicted molar refractivity (Wildman–Crippen MR) is 120 cm³/mol. The van der Waals surface area contributed by atoms with Crippen LogP contribution in [0.25, 0.3) is 0 Å². The lowest BCUT2D eigenvalue weighted by atomic mass is 9.95. The van der Waals surface area contributed by atoms with Gasteiger partial charge in [0.1, 0.15) is 18.2 Å². The molecule has 0 atom stereocenters. The Hall–Kier alpha value is -2.86. The van der Waals surface area contributed by atoms with E-state index in [4.69, 9.17) is 4.74 Å². The molecule has 0 radical (unpaired) electrons. The summed E-state index contributed by atoms with van der Waals surface area (Å²) in [4.78, 5) is 14.9. The van der Waals surface area contributed by atoms with Crippen LogP contribution in [0.1, 0.15) is 54.6 Å². The minimum atomic E-state index is 0.0505. The summed E-state index contributed by atoms with van der Waals surface area (Å²) in [5.74, 6) is 2.30. The van der Waals surface area contributed by atoms with Crippen molar-refractivity contribution in [2.75, 3.05) is 13.1 Å². The second-order valence-electron chi connectivity index (χ2n) is 8.83. The number of likely N-dealkylation sites (tertiary alicyclic amines) is 1. The van der Waals surface area contributed by atoms with Crippen LogP contribution < -0.4 is 10.4 Å². The maximum absolute atomic E-state index is 12.4. The lowest BCUT2D eigenvalue weighted by Crippen LogP contribution is -2.33. The number of hydrogen-bond acceptors (Lipinski definition) is 4. The largest absolute Gasteiger partial charge is 0.489 e. The van der Waals surface area contributed by atoms with Crippen LogP contribution in [0.2, 0.25) is 0 Å². The SMILES string of the molecule is Cn1nc(C2CCN(Cc3ccc(OCc4ccccc4)cc3)CC2)n(C2CC2)c1=O. The first-order chi connectivity index (χ1) is 15.2. The van der Waals surface area contributed by atoms with Crippen LogP contribution in [0, 0.1) is 0 Å². The van der Waals surface area contributed by atoms with Gasteiger partial charge in [0.25, 0.3) is 0 Å². The molecule has 1 saturated carbocycles. The van der Waals surface area contributed by atoms with Crippen LogP contribution in [-0.2, 0) is 20.2 Å². The Morgan fingerprint density at radius 1 is 0.935 bits per heavy atom. The van der Waals surface area contributed by atoms with Gasteiger partial charge in [-0.25, -0.2) is 9.48 Å². The first-order valence-electron chi connectivity index (χ1n) is 11.3. The minimum absolute atomic E-state index is 0.0505. The molecule has 0 spiro atoms. The van der Waals surface area contributed by atoms with Gasteiger partial charge in [0.05, 0.1) is 0 Å². The van der Waals surface area contributed by atoms with Crippen LogP contribution >= 0.6 is 0 Å². The van der Waals surface area contributed by atoms with Crippen molar-refractivity contribution in [3.8, 4) is 5.75 Å². The van der Waals surface area contributed by atoms with Crippen LogP contribution in [0.5, 0.6) is 5.75 Å². The van der Waals surface area contributed by atoms with Gasteiger partial charge in [0.2, 0.25) is 0 Å². The molecule has 6 nitrogen and oxygen atoms in total. The fourth-order valence-electron chi connectivity index (χ4n) is 4.49. The van der Waals surface area contributed by atoms with E-state index in [0.717, 1.165) is 56.9 Å². The first kappa shape index (κ1) is 20.1. The zero-order valence-corrected chi connectivity index (χ0v) is 18.1. The van der Waals surface area contributed by atoms with Gasteiger partial charge in [0, 0.05) is 25.6 Å². The van der Waals surface area contributed by atoms with Gasteiger partial charge < -0.3 is 4.74 Å². The molecule has 2 aliphatic rings. The quantitative estimate of drug-likeness (QED) is 0.584. The third kappa shape index (κ3) is 4.59. The number of aromatic nitrogens is 3. The molecule has 0 N–H and O–H groups in total. The van der Waals surface area contributed by atoms with E-state index in [9.17, 15) is 4.79 Å². The van der Waals surface area contributed by atoms with Crippen LogP contribution in [0.15, 0.2) is 59.4 Å². The van der Waals surface area contributed by atoms with E-state index >= 15 is 0 Å². The molecule has 2 fully saturated rings. The molecule has 6 heteroatoms. The molecule has 1 aliphatic heterocycles. The molecule has 31 heavy (non-hydrogen) atoms. The maximum Gasteiger partial charge on any atom is 0.345 e. The lowest BCUT2D eigenvalue weighted by molar-refractivity contribution is 0.199. The van der Waals surface area contributed by atoms with Crippen LogP contribution in [0.4, 0.5) is 0 Å². The second kappa shape index (κ2) is 8.71. The number of benzene rings is 2. The monoisotopic (exact) mass is 418 g/mol. The molecule has 0 bridgehead atoms. The third-order valence-corrected chi connectivity index (χ3v) is 6.42. The Balaban J connectivity index is 1.14. The van der Waals surface area contributed by atoms with Crippen molar-refractivity contribution in [2.24, 2.45) is 7.05 Å². The van der Waals surface area contributed by atoms with Gasteiger partial charge in [-0.3, -0.25) is 9.47 Å². The number of ether oxygens (including phenoxy) is 1. The van der Waals surface area contributed by atoms with E-state index in [1.807, 2.05) is 22.8 Å². The van der Waals surface area contributed by atoms with Gasteiger partial charge >= 0.3 is 5.69 Å². The predicted octanol–water partition coefficient (Wildman–Crippen LogP) is 3.88. The van der Waals surface area contributed by atoms with Crippen molar-refractivity contribution in [1.82, 2.24) is 19.2 Å². The standard InChI is InChI=1S/C25H30N4O2/c1-27-25(30)29(22-9-10-22)24(26-27)21-13-15-28(16-14-21)17-19-7-11-23(12-8-19)31-18-20-5-3-2-4-6-20/h2-8,11-12,21-22H,9-10,13-18H2,1H3. The first-order valence-corrected chi connectivity index (χ1v) is 11.3. The number of piperidine rings is 1. The van der Waals surface area contributed by atoms with Crippen molar-refractivity contribution < 1.29 is 4.74 Å². The summed E-state index contributed by atoms with van der Waals surface area (Å²) in [6.07, 6.45) is 4.34. The molecule has 1 aliphatic carbocycles. The molecular formula is C25H30N4O2. The second-order valence-corrected chi connectivity index (χ2v) is 8.83. The zero-order valence-electron chi connectivity index (χ0n) is 18.1. The Bertz CT molecular complexity index is 1060. The average Bonchev–Trinajstić information content (AvgIpc) is 3.60. The molecule has 2 heterocycles. The van der Waals surface area contributed by atoms with Crippen molar-refractivity contribution in [3.05, 3.63) is 82.0 Å². The highest BCUT2D eigenvalue weighted by atomic mass is 16.5. The minimum Gasteiger partial charge on any atom is -0.489 e. The van der Waals surface area contributed by atoms with E-state index in [2.05, 4.69) is 46.4 Å². The molecule has 0 amide bonds. The van der Waals surface area contributed by atoms with E-state index in [0.29, 0.717) is 18.6 Å². The van der Waals surface area contributed by atoms with Crippen molar-refractivity contribution in [3.63, 3.8) is 0 Å². The number of rotatable bonds is 7. The normalized spacial score (nSPS) is 17.7. The molecule has 3 aromatic rings. The van der Waals surface area contributed by atoms with Gasteiger partial charge in [-0.15, -0.1) is 0 Å². The topological polar surface area (TPSA) is 52.3 Å². The van der Waals surface area contributed by atoms with Gasteiger partial charge in [-0.2, -0.15) is 5.10 Å². The van der Waals surface area contributed by atoms with Gasteiger partial charge in [0.15, 0.2) is 0 Å². The number of aryl methyl sites for hydroxylation is 1. The van der Waals surface area contributed by atoms with E-state index in [-0.39, 0.29) is 5.69 Å². The lowest BCUT2D eigenvalue weighted by Gasteiger charge is -2.31. The summed E-state index contributed by atoms with van der Waals surface area (Å²) < 4.78 is 9.38. The van der Waals surface area contributed by atoms with E-state index in [1.54, 1.807) is 7.05 Å². The third-order valence-electron chi connectivity index (χ3n) is 6.42. The Kier molecular flexibility index (Phi) is 5.64. The molecule has 1 aromatic heterocycles. The summed E-state index contributed by atoms with van der Waals surface area (Å²) in [6.45, 7) is 3.61. The van der Waals surface area contributed by atoms with Crippen LogP contribution in [0.3, 0.4) is 0 Å². The van der Waals surface area contributed by atoms with E-state index in [1.165, 1.54) is 15.8 Å². The Morgan fingerprint density at radius 2 is 1.65 bits per heavy atom. The molecular weight excluding hydrogens is 388 g/mol. The van der Waals surface area contributed by atoms with Crippen LogP contribution in [-0.4, -0.2) is 32.3 Å². The highest BCUT2D eigenvalue weighted by molar-refractivity contribution is 5.28. The smallest absolute Gasteiger partial charge is 0.345 e. The highest BCUT2D eigenvalue weighted by Crippen LogP contribution is 2.37. The number of nitrogens with zero attached hydrogens (tertiary/aromatic N) is 4. The summed E-state index contributed by atoms with van der Waals surface area (Å²) >= 11 is 0. The Morgan fingerprint density at radius 3 is 2.32 bits per heavy atom. The summed E-state index contributed by atoms with van der Waals surface area (Å²) in [7, 11) is 1.77. The molecule has 1 saturated heterocycles. The van der Waals surface area contributed by atoms with Gasteiger partial charge in [-0.05, 0) is 62.0 Å². The molecule has 5 rings (SSSR count). The Labute approximate surface area is 183 Å². The van der Waals surface area contributed by atoms with Crippen molar-refractivity contribution in [2.45, 2.75) is 50.8 Å². The number of hydrogen-bond donors (Lipinski definition) is 0. The van der Waals surface area contributed by atoms with E-state index < -0.39 is 0 Å². The van der Waals surface area contributed by atoms with Crippen molar-refractivity contribution >= 4 is 0 Å². The molecule has 2 aromatic carbocycles. The van der Waals surface area contributed by atoms with Crippen molar-refractivity contribution in [1.29, 1.82) is 0 Å². The summed E-state index contributed by atoms with van der Waals surface area (Å²) in [5, 5.41) is 4.59.